The third-order valence-electron chi connectivity index (χ3n) is 5.72. The average molecular weight is 417 g/mol. The normalized spacial score (nSPS) is 17.0. The van der Waals surface area contributed by atoms with Gasteiger partial charge in [-0.3, -0.25) is 4.79 Å². The minimum Gasteiger partial charge on any atom is -0.481 e. The molecule has 2 heterocycles. The van der Waals surface area contributed by atoms with Crippen LogP contribution in [-0.4, -0.2) is 35.2 Å². The number of nitrogens with one attached hydrogen (secondary N) is 3. The molecule has 0 amide bonds. The number of rotatable bonds is 8. The second-order valence-corrected chi connectivity index (χ2v) is 8.04. The van der Waals surface area contributed by atoms with E-state index in [2.05, 4.69) is 58.2 Å². The Kier molecular flexibility index (Phi) is 6.48. The van der Waals surface area contributed by atoms with Crippen LogP contribution < -0.4 is 16.0 Å². The zero-order chi connectivity index (χ0) is 21.6. The zero-order valence-corrected chi connectivity index (χ0v) is 17.6. The lowest BCUT2D eigenvalue weighted by Crippen LogP contribution is -2.45. The fourth-order valence-corrected chi connectivity index (χ4v) is 4.07. The van der Waals surface area contributed by atoms with E-state index >= 15 is 0 Å². The topological polar surface area (TPSA) is 86.3 Å². The van der Waals surface area contributed by atoms with Gasteiger partial charge in [0.25, 0.3) is 0 Å². The minimum atomic E-state index is -0.808. The standard InChI is InChI=1S/C25H28N4O2/c1-17(20-10-5-7-18(13-20)14-23(30)31)15-28-24(19-8-3-2-4-9-19)22-16-27-21-11-6-12-26-25(21)29-22/h2-13,17,22,24,27-28H,14-16H2,1H3,(H,26,29)(H,30,31)/t17-,22-,24+/m0/s1. The lowest BCUT2D eigenvalue weighted by molar-refractivity contribution is -0.136. The van der Waals surface area contributed by atoms with Gasteiger partial charge in [-0.2, -0.15) is 0 Å². The van der Waals surface area contributed by atoms with Crippen molar-refractivity contribution in [2.24, 2.45) is 0 Å². The summed E-state index contributed by atoms with van der Waals surface area (Å²) in [5.41, 5.74) is 4.21. The van der Waals surface area contributed by atoms with Crippen LogP contribution in [0.5, 0.6) is 0 Å². The molecule has 0 spiro atoms. The van der Waals surface area contributed by atoms with Gasteiger partial charge in [-0.15, -0.1) is 0 Å². The van der Waals surface area contributed by atoms with E-state index in [0.29, 0.717) is 0 Å². The SMILES string of the molecule is C[C@@H](CN[C@H](c1ccccc1)[C@@H]1CNc2cccnc2N1)c1cccc(CC(=O)O)c1. The largest absolute Gasteiger partial charge is 0.481 e. The van der Waals surface area contributed by atoms with E-state index in [-0.39, 0.29) is 24.4 Å². The molecule has 0 aliphatic carbocycles. The van der Waals surface area contributed by atoms with E-state index in [1.165, 1.54) is 5.56 Å². The molecule has 31 heavy (non-hydrogen) atoms. The summed E-state index contributed by atoms with van der Waals surface area (Å²) in [7, 11) is 0. The van der Waals surface area contributed by atoms with E-state index in [4.69, 9.17) is 5.11 Å². The number of fused-ring (bicyclic) bond motifs is 1. The van der Waals surface area contributed by atoms with Gasteiger partial charge in [-0.1, -0.05) is 61.5 Å². The van der Waals surface area contributed by atoms with Crippen LogP contribution in [0.2, 0.25) is 0 Å². The van der Waals surface area contributed by atoms with Crippen molar-refractivity contribution in [3.63, 3.8) is 0 Å². The number of hydrogen-bond acceptors (Lipinski definition) is 5. The van der Waals surface area contributed by atoms with Crippen LogP contribution in [0.15, 0.2) is 72.9 Å². The minimum absolute atomic E-state index is 0.0463. The van der Waals surface area contributed by atoms with Crippen molar-refractivity contribution >= 4 is 17.5 Å². The molecule has 1 aliphatic heterocycles. The van der Waals surface area contributed by atoms with E-state index in [1.807, 2.05) is 36.4 Å². The fraction of sp³-hybridized carbons (Fsp3) is 0.280. The van der Waals surface area contributed by atoms with Gasteiger partial charge >= 0.3 is 5.97 Å². The predicted molar refractivity (Wildman–Crippen MR) is 124 cm³/mol. The molecule has 1 aromatic heterocycles. The molecule has 160 valence electrons. The highest BCUT2D eigenvalue weighted by Crippen LogP contribution is 2.29. The van der Waals surface area contributed by atoms with Gasteiger partial charge in [0.05, 0.1) is 24.2 Å². The number of hydrogen-bond donors (Lipinski definition) is 4. The lowest BCUT2D eigenvalue weighted by Gasteiger charge is -2.35. The number of pyridine rings is 1. The summed E-state index contributed by atoms with van der Waals surface area (Å²) in [6, 6.07) is 22.5. The highest BCUT2D eigenvalue weighted by Gasteiger charge is 2.27. The maximum absolute atomic E-state index is 11.1. The molecule has 6 nitrogen and oxygen atoms in total. The third kappa shape index (κ3) is 5.22. The maximum atomic E-state index is 11.1. The molecule has 0 bridgehead atoms. The highest BCUT2D eigenvalue weighted by atomic mass is 16.4. The van der Waals surface area contributed by atoms with Gasteiger partial charge in [0.15, 0.2) is 0 Å². The number of aliphatic carboxylic acids is 1. The number of carbonyl (C=O) groups is 1. The molecule has 0 radical (unpaired) electrons. The van der Waals surface area contributed by atoms with E-state index < -0.39 is 5.97 Å². The second kappa shape index (κ2) is 9.62. The molecule has 0 saturated heterocycles. The van der Waals surface area contributed by atoms with Gasteiger partial charge in [0.1, 0.15) is 5.82 Å². The van der Waals surface area contributed by atoms with Gasteiger partial charge in [-0.25, -0.2) is 4.98 Å². The van der Waals surface area contributed by atoms with Gasteiger partial charge in [0.2, 0.25) is 0 Å². The van der Waals surface area contributed by atoms with Crippen molar-refractivity contribution in [2.45, 2.75) is 31.3 Å². The van der Waals surface area contributed by atoms with E-state index in [1.54, 1.807) is 6.20 Å². The molecule has 6 heteroatoms. The molecular formula is C25H28N4O2. The fourth-order valence-electron chi connectivity index (χ4n) is 4.07. The molecule has 0 unspecified atom stereocenters. The summed E-state index contributed by atoms with van der Waals surface area (Å²) in [5, 5.41) is 19.9. The summed E-state index contributed by atoms with van der Waals surface area (Å²) in [5.74, 6) is 0.301. The molecule has 4 rings (SSSR count). The van der Waals surface area contributed by atoms with Crippen LogP contribution in [0.25, 0.3) is 0 Å². The quantitative estimate of drug-likeness (QED) is 0.443. The van der Waals surface area contributed by atoms with Gasteiger partial charge in [-0.05, 0) is 34.7 Å². The van der Waals surface area contributed by atoms with Crippen LogP contribution in [-0.2, 0) is 11.2 Å². The Morgan fingerprint density at radius 2 is 1.94 bits per heavy atom. The second-order valence-electron chi connectivity index (χ2n) is 8.04. The van der Waals surface area contributed by atoms with Crippen molar-refractivity contribution in [2.75, 3.05) is 23.7 Å². The van der Waals surface area contributed by atoms with Crippen LogP contribution in [0.4, 0.5) is 11.5 Å². The molecule has 4 N–H and O–H groups in total. The Morgan fingerprint density at radius 3 is 2.74 bits per heavy atom. The number of benzene rings is 2. The molecule has 3 atom stereocenters. The van der Waals surface area contributed by atoms with E-state index in [0.717, 1.165) is 35.7 Å². The van der Waals surface area contributed by atoms with Crippen molar-refractivity contribution in [1.29, 1.82) is 0 Å². The smallest absolute Gasteiger partial charge is 0.307 e. The first-order valence-corrected chi connectivity index (χ1v) is 10.6. The summed E-state index contributed by atoms with van der Waals surface area (Å²) >= 11 is 0. The van der Waals surface area contributed by atoms with Crippen LogP contribution >= 0.6 is 0 Å². The molecule has 3 aromatic rings. The van der Waals surface area contributed by atoms with Crippen LogP contribution in [0, 0.1) is 0 Å². The van der Waals surface area contributed by atoms with Crippen molar-refractivity contribution < 1.29 is 9.90 Å². The summed E-state index contributed by atoms with van der Waals surface area (Å²) in [6.07, 6.45) is 1.84. The zero-order valence-electron chi connectivity index (χ0n) is 17.6. The summed E-state index contributed by atoms with van der Waals surface area (Å²) in [4.78, 5) is 15.5. The Labute approximate surface area is 182 Å². The highest BCUT2D eigenvalue weighted by molar-refractivity contribution is 5.70. The summed E-state index contributed by atoms with van der Waals surface area (Å²) in [6.45, 7) is 3.72. The lowest BCUT2D eigenvalue weighted by atomic mass is 9.94. The Hall–Kier alpha value is -3.38. The first-order chi connectivity index (χ1) is 15.1. The number of aromatic nitrogens is 1. The molecule has 0 saturated carbocycles. The van der Waals surface area contributed by atoms with Crippen molar-refractivity contribution in [3.8, 4) is 0 Å². The molecular weight excluding hydrogens is 388 g/mol. The number of carboxylic acid groups (broad SMARTS) is 1. The van der Waals surface area contributed by atoms with Crippen molar-refractivity contribution in [3.05, 3.63) is 89.6 Å². The number of carboxylic acids is 1. The van der Waals surface area contributed by atoms with Crippen LogP contribution in [0.3, 0.4) is 0 Å². The molecule has 0 fully saturated rings. The van der Waals surface area contributed by atoms with Crippen LogP contribution in [0.1, 0.15) is 35.6 Å². The first-order valence-electron chi connectivity index (χ1n) is 10.6. The summed E-state index contributed by atoms with van der Waals surface area (Å²) < 4.78 is 0. The third-order valence-corrected chi connectivity index (χ3v) is 5.72. The van der Waals surface area contributed by atoms with E-state index in [9.17, 15) is 4.79 Å². The monoisotopic (exact) mass is 416 g/mol. The number of nitrogens with zero attached hydrogens (tertiary/aromatic N) is 1. The maximum Gasteiger partial charge on any atom is 0.307 e. The van der Waals surface area contributed by atoms with Crippen molar-refractivity contribution in [1.82, 2.24) is 10.3 Å². The molecule has 2 aromatic carbocycles. The number of anilines is 2. The first kappa shape index (κ1) is 20.9. The Bertz CT molecular complexity index is 1020. The Morgan fingerprint density at radius 1 is 1.13 bits per heavy atom. The molecule has 1 aliphatic rings. The average Bonchev–Trinajstić information content (AvgIpc) is 2.79. The van der Waals surface area contributed by atoms with Gasteiger partial charge in [0, 0.05) is 19.3 Å². The Balaban J connectivity index is 1.49. The van der Waals surface area contributed by atoms with Gasteiger partial charge < -0.3 is 21.1 Å². The predicted octanol–water partition coefficient (Wildman–Crippen LogP) is 4.05.